The molecule has 7 nitrogen and oxygen atoms in total. The lowest BCUT2D eigenvalue weighted by Crippen LogP contribution is -2.39. The predicted molar refractivity (Wildman–Crippen MR) is 121 cm³/mol. The van der Waals surface area contributed by atoms with Crippen molar-refractivity contribution in [3.63, 3.8) is 0 Å². The minimum atomic E-state index is 0.230. The summed E-state index contributed by atoms with van der Waals surface area (Å²) in [6, 6.07) is 2.20. The molecule has 8 heteroatoms. The smallest absolute Gasteiger partial charge is 0.232 e. The maximum atomic E-state index is 12.2. The van der Waals surface area contributed by atoms with Crippen LogP contribution in [0.1, 0.15) is 42.3 Å². The first-order valence-electron chi connectivity index (χ1n) is 10.4. The molecule has 0 radical (unpaired) electrons. The van der Waals surface area contributed by atoms with Gasteiger partial charge in [-0.05, 0) is 49.6 Å². The topological polar surface area (TPSA) is 92.3 Å². The van der Waals surface area contributed by atoms with E-state index < -0.39 is 0 Å². The van der Waals surface area contributed by atoms with Crippen molar-refractivity contribution in [2.45, 2.75) is 31.6 Å². The number of allylic oxidation sites excluding steroid dienone is 1. The number of imidazole rings is 1. The molecule has 0 unspecified atom stereocenters. The van der Waals surface area contributed by atoms with Crippen LogP contribution in [0.25, 0.3) is 23.0 Å². The molecule has 1 amide bonds. The number of hydrogen-bond donors (Lipinski definition) is 2. The molecule has 1 saturated heterocycles. The summed E-state index contributed by atoms with van der Waals surface area (Å²) in [5.74, 6) is 2.56. The number of anilines is 1. The van der Waals surface area contributed by atoms with Gasteiger partial charge in [0.1, 0.15) is 22.9 Å². The number of rotatable bonds is 4. The summed E-state index contributed by atoms with van der Waals surface area (Å²) < 4.78 is 2.09. The molecule has 0 aromatic carbocycles. The minimum Gasteiger partial charge on any atom is -0.382 e. The third-order valence-electron chi connectivity index (χ3n) is 6.14. The number of carbonyl (C=O) groups is 1. The molecular formula is C22H26N6OS. The maximum absolute atomic E-state index is 12.2. The second kappa shape index (κ2) is 7.83. The van der Waals surface area contributed by atoms with Crippen molar-refractivity contribution in [1.29, 1.82) is 0 Å². The normalized spacial score (nSPS) is 16.9. The number of H-pyrrole nitrogens is 1. The van der Waals surface area contributed by atoms with Crippen LogP contribution in [0, 0.1) is 0 Å². The van der Waals surface area contributed by atoms with Crippen molar-refractivity contribution < 1.29 is 4.79 Å². The third-order valence-corrected chi connectivity index (χ3v) is 6.68. The lowest BCUT2D eigenvalue weighted by Gasteiger charge is -2.31. The molecule has 0 bridgehead atoms. The molecule has 30 heavy (non-hydrogen) atoms. The number of aromatic amines is 1. The van der Waals surface area contributed by atoms with Gasteiger partial charge in [-0.25, -0.2) is 9.97 Å². The predicted octanol–water partition coefficient (Wildman–Crippen LogP) is 3.34. The van der Waals surface area contributed by atoms with E-state index in [9.17, 15) is 4.79 Å². The maximum Gasteiger partial charge on any atom is 0.232 e. The second-order valence-corrected chi connectivity index (χ2v) is 8.87. The average molecular weight is 423 g/mol. The molecule has 0 spiro atoms. The number of thioether (sulfide) groups is 1. The van der Waals surface area contributed by atoms with Crippen LogP contribution in [0.5, 0.6) is 0 Å². The number of likely N-dealkylation sites (tertiary alicyclic amines) is 1. The molecule has 4 heterocycles. The van der Waals surface area contributed by atoms with Crippen LogP contribution in [0.3, 0.4) is 0 Å². The number of nitrogens with zero attached hydrogens (tertiary/aromatic N) is 4. The lowest BCUT2D eigenvalue weighted by molar-refractivity contribution is -0.129. The fourth-order valence-corrected chi connectivity index (χ4v) is 5.03. The largest absolute Gasteiger partial charge is 0.382 e. The molecule has 156 valence electrons. The number of carbonyl (C=O) groups excluding carboxylic acids is 1. The van der Waals surface area contributed by atoms with Gasteiger partial charge >= 0.3 is 0 Å². The van der Waals surface area contributed by atoms with Crippen molar-refractivity contribution in [2.24, 2.45) is 0 Å². The third kappa shape index (κ3) is 3.29. The Morgan fingerprint density at radius 1 is 1.37 bits per heavy atom. The zero-order chi connectivity index (χ0) is 20.7. The molecule has 0 saturated carbocycles. The standard InChI is InChI=1S/C22H26N6OS/c1-30-13-18(29)27-9-6-14(7-10-27)22-26-19(20-21(23)24-8-11-28(20)22)17-12-15-4-2-3-5-16(15)25-17/h3,5,8,11-12,14,25H,2,4,6-7,9-10,13H2,1H3,(H2,23,24). The average Bonchev–Trinajstić information content (AvgIpc) is 3.36. The van der Waals surface area contributed by atoms with Gasteiger partial charge in [0, 0.05) is 37.1 Å². The number of hydrogen-bond acceptors (Lipinski definition) is 5. The van der Waals surface area contributed by atoms with E-state index in [-0.39, 0.29) is 11.8 Å². The van der Waals surface area contributed by atoms with Crippen molar-refractivity contribution in [1.82, 2.24) is 24.3 Å². The number of aryl methyl sites for hydroxylation is 1. The Labute approximate surface area is 179 Å². The van der Waals surface area contributed by atoms with Gasteiger partial charge in [-0.3, -0.25) is 9.20 Å². The molecule has 1 aliphatic carbocycles. The number of piperidine rings is 1. The summed E-state index contributed by atoms with van der Waals surface area (Å²) in [5, 5.41) is 0. The summed E-state index contributed by atoms with van der Waals surface area (Å²) >= 11 is 1.58. The zero-order valence-corrected chi connectivity index (χ0v) is 17.9. The van der Waals surface area contributed by atoms with Crippen LogP contribution in [0.2, 0.25) is 0 Å². The first kappa shape index (κ1) is 19.2. The van der Waals surface area contributed by atoms with Gasteiger partial charge in [0.2, 0.25) is 5.91 Å². The van der Waals surface area contributed by atoms with Gasteiger partial charge in [0.05, 0.1) is 11.4 Å². The summed E-state index contributed by atoms with van der Waals surface area (Å²) in [5.41, 5.74) is 11.5. The highest BCUT2D eigenvalue weighted by Gasteiger charge is 2.28. The Balaban J connectivity index is 1.50. The van der Waals surface area contributed by atoms with Crippen molar-refractivity contribution in [2.75, 3.05) is 30.8 Å². The molecule has 2 aliphatic rings. The van der Waals surface area contributed by atoms with Crippen LogP contribution < -0.4 is 5.73 Å². The van der Waals surface area contributed by atoms with Crippen LogP contribution in [0.4, 0.5) is 5.82 Å². The SMILES string of the molecule is CSCC(=O)N1CCC(c2nc(-c3cc4c([nH]3)C=CCC4)c3c(N)nccn23)CC1. The van der Waals surface area contributed by atoms with Crippen LogP contribution in [0.15, 0.2) is 24.5 Å². The molecule has 1 aliphatic heterocycles. The number of fused-ring (bicyclic) bond motifs is 2. The van der Waals surface area contributed by atoms with E-state index in [0.29, 0.717) is 11.6 Å². The quantitative estimate of drug-likeness (QED) is 0.673. The van der Waals surface area contributed by atoms with Gasteiger partial charge in [0.15, 0.2) is 0 Å². The minimum absolute atomic E-state index is 0.230. The Bertz CT molecular complexity index is 1120. The van der Waals surface area contributed by atoms with Gasteiger partial charge < -0.3 is 15.6 Å². The van der Waals surface area contributed by atoms with E-state index in [1.807, 2.05) is 17.4 Å². The van der Waals surface area contributed by atoms with Crippen molar-refractivity contribution >= 4 is 35.1 Å². The van der Waals surface area contributed by atoms with E-state index in [0.717, 1.165) is 67.2 Å². The molecule has 1 fully saturated rings. The number of amides is 1. The fraction of sp³-hybridized carbons (Fsp3) is 0.409. The first-order valence-corrected chi connectivity index (χ1v) is 11.8. The monoisotopic (exact) mass is 422 g/mol. The fourth-order valence-electron chi connectivity index (χ4n) is 4.60. The molecule has 0 atom stereocenters. The van der Waals surface area contributed by atoms with Crippen molar-refractivity contribution in [3.05, 3.63) is 41.6 Å². The van der Waals surface area contributed by atoms with Crippen molar-refractivity contribution in [3.8, 4) is 11.4 Å². The Morgan fingerprint density at radius 3 is 2.97 bits per heavy atom. The van der Waals surface area contributed by atoms with E-state index in [2.05, 4.69) is 32.6 Å². The van der Waals surface area contributed by atoms with Gasteiger partial charge in [-0.15, -0.1) is 0 Å². The summed E-state index contributed by atoms with van der Waals surface area (Å²) in [4.78, 5) is 27.1. The Kier molecular flexibility index (Phi) is 5.02. The number of nitrogen functional groups attached to an aromatic ring is 1. The first-order chi connectivity index (χ1) is 14.7. The van der Waals surface area contributed by atoms with Crippen LogP contribution >= 0.6 is 11.8 Å². The molecule has 3 N–H and O–H groups in total. The van der Waals surface area contributed by atoms with E-state index in [1.54, 1.807) is 18.0 Å². The summed E-state index contributed by atoms with van der Waals surface area (Å²) in [7, 11) is 0. The molecular weight excluding hydrogens is 396 g/mol. The van der Waals surface area contributed by atoms with Gasteiger partial charge in [-0.1, -0.05) is 6.08 Å². The van der Waals surface area contributed by atoms with E-state index in [4.69, 9.17) is 10.7 Å². The summed E-state index contributed by atoms with van der Waals surface area (Å²) in [6.45, 7) is 1.55. The van der Waals surface area contributed by atoms with Crippen LogP contribution in [-0.4, -0.2) is 55.3 Å². The number of nitrogens with two attached hydrogens (primary N) is 1. The van der Waals surface area contributed by atoms with Gasteiger partial charge in [-0.2, -0.15) is 11.8 Å². The van der Waals surface area contributed by atoms with Gasteiger partial charge in [0.25, 0.3) is 0 Å². The zero-order valence-electron chi connectivity index (χ0n) is 17.1. The molecule has 3 aromatic rings. The highest BCUT2D eigenvalue weighted by atomic mass is 32.2. The second-order valence-electron chi connectivity index (χ2n) is 8.00. The molecule has 5 rings (SSSR count). The van der Waals surface area contributed by atoms with Crippen LogP contribution in [-0.2, 0) is 11.2 Å². The number of aromatic nitrogens is 4. The number of nitrogens with one attached hydrogen (secondary N) is 1. The summed E-state index contributed by atoms with van der Waals surface area (Å²) in [6.07, 6.45) is 13.9. The Hall–Kier alpha value is -2.74. The highest BCUT2D eigenvalue weighted by Crippen LogP contribution is 2.35. The van der Waals surface area contributed by atoms with E-state index in [1.165, 1.54) is 5.56 Å². The molecule has 3 aromatic heterocycles. The lowest BCUT2D eigenvalue weighted by atomic mass is 9.96. The Morgan fingerprint density at radius 2 is 2.20 bits per heavy atom. The highest BCUT2D eigenvalue weighted by molar-refractivity contribution is 7.99. The van der Waals surface area contributed by atoms with E-state index >= 15 is 0 Å².